The number of rotatable bonds is 4. The Kier molecular flexibility index (Phi) is 4.94. The molecule has 1 aromatic carbocycles. The highest BCUT2D eigenvalue weighted by Gasteiger charge is 2.30. The number of carboxylic acids is 1. The van der Waals surface area contributed by atoms with Crippen molar-refractivity contribution in [3.8, 4) is 6.07 Å². The Morgan fingerprint density at radius 2 is 1.81 bits per heavy atom. The van der Waals surface area contributed by atoms with E-state index in [1.54, 1.807) is 12.1 Å². The van der Waals surface area contributed by atoms with Crippen LogP contribution in [0.5, 0.6) is 0 Å². The first kappa shape index (κ1) is 15.0. The van der Waals surface area contributed by atoms with Crippen LogP contribution in [-0.4, -0.2) is 23.0 Å². The van der Waals surface area contributed by atoms with E-state index in [1.807, 2.05) is 6.07 Å². The molecule has 1 saturated carbocycles. The molecule has 1 aromatic rings. The number of nitrogens with zero attached hydrogens (tertiary/aromatic N) is 1. The second-order valence-corrected chi connectivity index (χ2v) is 5.38. The lowest BCUT2D eigenvalue weighted by atomic mass is 9.84. The van der Waals surface area contributed by atoms with Crippen molar-refractivity contribution in [1.29, 1.82) is 5.26 Å². The second-order valence-electron chi connectivity index (χ2n) is 5.38. The van der Waals surface area contributed by atoms with Crippen LogP contribution < -0.4 is 5.32 Å². The fourth-order valence-corrected chi connectivity index (χ4v) is 2.77. The van der Waals surface area contributed by atoms with Crippen LogP contribution in [-0.2, 0) is 4.79 Å². The Hall–Kier alpha value is -2.35. The minimum absolute atomic E-state index is 0.00131. The Bertz CT molecular complexity index is 554. The van der Waals surface area contributed by atoms with Crippen molar-refractivity contribution in [2.45, 2.75) is 38.1 Å². The zero-order valence-electron chi connectivity index (χ0n) is 11.7. The van der Waals surface area contributed by atoms with Crippen LogP contribution >= 0.6 is 0 Å². The summed E-state index contributed by atoms with van der Waals surface area (Å²) in [7, 11) is 0. The Labute approximate surface area is 123 Å². The average molecular weight is 286 g/mol. The third-order valence-corrected chi connectivity index (χ3v) is 3.95. The maximum atomic E-state index is 12.1. The highest BCUT2D eigenvalue weighted by atomic mass is 16.4. The van der Waals surface area contributed by atoms with Gasteiger partial charge in [-0.25, -0.2) is 4.79 Å². The lowest BCUT2D eigenvalue weighted by Gasteiger charge is -2.28. The number of carbonyl (C=O) groups excluding carboxylic acids is 1. The van der Waals surface area contributed by atoms with Gasteiger partial charge in [-0.1, -0.05) is 19.3 Å². The van der Waals surface area contributed by atoms with Gasteiger partial charge >= 0.3 is 5.97 Å². The summed E-state index contributed by atoms with van der Waals surface area (Å²) in [5, 5.41) is 20.7. The van der Waals surface area contributed by atoms with Crippen LogP contribution in [0.15, 0.2) is 24.3 Å². The minimum atomic E-state index is -0.983. The molecule has 0 radical (unpaired) electrons. The molecular formula is C16H18N2O3. The first-order chi connectivity index (χ1) is 10.1. The van der Waals surface area contributed by atoms with Gasteiger partial charge in [-0.15, -0.1) is 0 Å². The number of nitriles is 1. The maximum absolute atomic E-state index is 12.1. The summed E-state index contributed by atoms with van der Waals surface area (Å²) in [4.78, 5) is 23.6. The molecule has 0 unspecified atom stereocenters. The largest absolute Gasteiger partial charge is 0.480 e. The van der Waals surface area contributed by atoms with E-state index in [1.165, 1.54) is 12.1 Å². The second kappa shape index (κ2) is 6.89. The van der Waals surface area contributed by atoms with Crippen LogP contribution in [0.2, 0.25) is 0 Å². The zero-order valence-corrected chi connectivity index (χ0v) is 11.7. The van der Waals surface area contributed by atoms with Crippen LogP contribution in [0.25, 0.3) is 0 Å². The van der Waals surface area contributed by atoms with Gasteiger partial charge in [-0.2, -0.15) is 5.26 Å². The molecule has 5 heteroatoms. The fraction of sp³-hybridized carbons (Fsp3) is 0.438. The first-order valence-corrected chi connectivity index (χ1v) is 7.15. The van der Waals surface area contributed by atoms with Gasteiger partial charge in [-0.05, 0) is 43.0 Å². The van der Waals surface area contributed by atoms with Gasteiger partial charge in [0, 0.05) is 5.56 Å². The van der Waals surface area contributed by atoms with Gasteiger partial charge in [-0.3, -0.25) is 4.79 Å². The summed E-state index contributed by atoms with van der Waals surface area (Å²) >= 11 is 0. The van der Waals surface area contributed by atoms with E-state index in [-0.39, 0.29) is 5.92 Å². The van der Waals surface area contributed by atoms with Gasteiger partial charge in [0.15, 0.2) is 0 Å². The predicted molar refractivity (Wildman–Crippen MR) is 76.6 cm³/mol. The summed E-state index contributed by atoms with van der Waals surface area (Å²) in [6.45, 7) is 0. The molecule has 1 atom stereocenters. The standard InChI is InChI=1S/C16H18N2O3/c17-10-11-6-8-13(9-7-11)15(19)18-14(16(20)21)12-4-2-1-3-5-12/h6-9,12,14H,1-5H2,(H,18,19)(H,20,21)/t14-/m0/s1. The lowest BCUT2D eigenvalue weighted by molar-refractivity contribution is -0.141. The van der Waals surface area contributed by atoms with Gasteiger partial charge in [0.05, 0.1) is 11.6 Å². The molecule has 1 aliphatic rings. The molecular weight excluding hydrogens is 268 g/mol. The summed E-state index contributed by atoms with van der Waals surface area (Å²) in [6.07, 6.45) is 4.84. The lowest BCUT2D eigenvalue weighted by Crippen LogP contribution is -2.46. The third kappa shape index (κ3) is 3.82. The molecule has 2 N–H and O–H groups in total. The molecule has 0 bridgehead atoms. The normalized spacial score (nSPS) is 16.7. The van der Waals surface area contributed by atoms with Gasteiger partial charge in [0.25, 0.3) is 5.91 Å². The quantitative estimate of drug-likeness (QED) is 0.888. The Balaban J connectivity index is 2.06. The molecule has 21 heavy (non-hydrogen) atoms. The molecule has 0 aromatic heterocycles. The van der Waals surface area contributed by atoms with Crippen LogP contribution in [0.1, 0.15) is 48.0 Å². The van der Waals surface area contributed by atoms with Gasteiger partial charge in [0.2, 0.25) is 0 Å². The predicted octanol–water partition coefficient (Wildman–Crippen LogP) is 2.32. The highest BCUT2D eigenvalue weighted by molar-refractivity contribution is 5.96. The van der Waals surface area contributed by atoms with Crippen LogP contribution in [0.3, 0.4) is 0 Å². The molecule has 2 rings (SSSR count). The fourth-order valence-electron chi connectivity index (χ4n) is 2.77. The molecule has 1 aliphatic carbocycles. The molecule has 0 saturated heterocycles. The van der Waals surface area contributed by atoms with E-state index in [0.29, 0.717) is 11.1 Å². The molecule has 110 valence electrons. The number of carbonyl (C=O) groups is 2. The number of amides is 1. The summed E-state index contributed by atoms with van der Waals surface area (Å²) in [6, 6.07) is 7.30. The van der Waals surface area contributed by atoms with Crippen molar-refractivity contribution < 1.29 is 14.7 Å². The van der Waals surface area contributed by atoms with Crippen molar-refractivity contribution in [3.63, 3.8) is 0 Å². The van der Waals surface area contributed by atoms with E-state index >= 15 is 0 Å². The first-order valence-electron chi connectivity index (χ1n) is 7.15. The average Bonchev–Trinajstić information content (AvgIpc) is 2.53. The smallest absolute Gasteiger partial charge is 0.326 e. The Morgan fingerprint density at radius 3 is 2.33 bits per heavy atom. The van der Waals surface area contributed by atoms with Gasteiger partial charge in [0.1, 0.15) is 6.04 Å². The van der Waals surface area contributed by atoms with Crippen molar-refractivity contribution in [2.24, 2.45) is 5.92 Å². The summed E-state index contributed by atoms with van der Waals surface area (Å²) in [5.41, 5.74) is 0.838. The minimum Gasteiger partial charge on any atom is -0.480 e. The van der Waals surface area contributed by atoms with Gasteiger partial charge < -0.3 is 10.4 Å². The molecule has 1 amide bonds. The van der Waals surface area contributed by atoms with E-state index in [0.717, 1.165) is 32.1 Å². The molecule has 0 aliphatic heterocycles. The number of aliphatic carboxylic acids is 1. The highest BCUT2D eigenvalue weighted by Crippen LogP contribution is 2.26. The monoisotopic (exact) mass is 286 g/mol. The van der Waals surface area contributed by atoms with Crippen LogP contribution in [0, 0.1) is 17.2 Å². The van der Waals surface area contributed by atoms with Crippen molar-refractivity contribution in [2.75, 3.05) is 0 Å². The number of hydrogen-bond donors (Lipinski definition) is 2. The van der Waals surface area contributed by atoms with E-state index < -0.39 is 17.9 Å². The van der Waals surface area contributed by atoms with E-state index in [4.69, 9.17) is 5.26 Å². The maximum Gasteiger partial charge on any atom is 0.326 e. The molecule has 1 fully saturated rings. The molecule has 5 nitrogen and oxygen atoms in total. The van der Waals surface area contributed by atoms with Crippen molar-refractivity contribution >= 4 is 11.9 Å². The molecule has 0 spiro atoms. The molecule has 0 heterocycles. The van der Waals surface area contributed by atoms with E-state index in [2.05, 4.69) is 5.32 Å². The van der Waals surface area contributed by atoms with Crippen molar-refractivity contribution in [1.82, 2.24) is 5.32 Å². The van der Waals surface area contributed by atoms with Crippen molar-refractivity contribution in [3.05, 3.63) is 35.4 Å². The number of benzene rings is 1. The Morgan fingerprint density at radius 1 is 1.19 bits per heavy atom. The van der Waals surface area contributed by atoms with E-state index in [9.17, 15) is 14.7 Å². The number of carboxylic acid groups (broad SMARTS) is 1. The zero-order chi connectivity index (χ0) is 15.2. The summed E-state index contributed by atoms with van der Waals surface area (Å²) in [5.74, 6) is -1.39. The number of nitrogens with one attached hydrogen (secondary N) is 1. The third-order valence-electron chi connectivity index (χ3n) is 3.95. The SMILES string of the molecule is N#Cc1ccc(C(=O)N[C@H](C(=O)O)C2CCCCC2)cc1. The topological polar surface area (TPSA) is 90.2 Å². The number of hydrogen-bond acceptors (Lipinski definition) is 3. The van der Waals surface area contributed by atoms with Crippen LogP contribution in [0.4, 0.5) is 0 Å². The summed E-state index contributed by atoms with van der Waals surface area (Å²) < 4.78 is 0.